The molecule has 168 valence electrons. The fourth-order valence-corrected chi connectivity index (χ4v) is 3.79. The van der Waals surface area contributed by atoms with Crippen molar-refractivity contribution in [1.82, 2.24) is 9.88 Å². The number of aromatic nitrogens is 1. The van der Waals surface area contributed by atoms with Gasteiger partial charge in [0.05, 0.1) is 11.3 Å². The summed E-state index contributed by atoms with van der Waals surface area (Å²) in [7, 11) is 0. The summed E-state index contributed by atoms with van der Waals surface area (Å²) in [6, 6.07) is 13.5. The first-order valence-corrected chi connectivity index (χ1v) is 10.8. The number of nitrogens with one attached hydrogen (secondary N) is 1. The summed E-state index contributed by atoms with van der Waals surface area (Å²) in [6.07, 6.45) is -4.48. The lowest BCUT2D eigenvalue weighted by Gasteiger charge is -2.24. The molecule has 1 aromatic heterocycles. The molecule has 0 bridgehead atoms. The molecule has 2 amide bonds. The van der Waals surface area contributed by atoms with Crippen LogP contribution in [0.2, 0.25) is 0 Å². The summed E-state index contributed by atoms with van der Waals surface area (Å²) in [5, 5.41) is 4.92. The zero-order valence-electron chi connectivity index (χ0n) is 17.5. The summed E-state index contributed by atoms with van der Waals surface area (Å²) >= 11 is 1.27. The van der Waals surface area contributed by atoms with Gasteiger partial charge < -0.3 is 10.2 Å². The number of amides is 2. The van der Waals surface area contributed by atoms with Gasteiger partial charge in [0.1, 0.15) is 6.54 Å². The SMILES string of the molecule is CC(C)CN(CC(=O)Nc1nc(-c2ccccc2)cs1)C(=O)c1ccc(C(F)(F)F)cc1. The molecule has 0 aliphatic rings. The summed E-state index contributed by atoms with van der Waals surface area (Å²) in [6.45, 7) is 3.81. The van der Waals surface area contributed by atoms with Crippen molar-refractivity contribution in [2.24, 2.45) is 5.92 Å². The van der Waals surface area contributed by atoms with Gasteiger partial charge in [-0.2, -0.15) is 13.2 Å². The summed E-state index contributed by atoms with van der Waals surface area (Å²) in [5.74, 6) is -0.877. The topological polar surface area (TPSA) is 62.3 Å². The highest BCUT2D eigenvalue weighted by atomic mass is 32.1. The number of carbonyl (C=O) groups is 2. The third-order valence-electron chi connectivity index (χ3n) is 4.49. The third-order valence-corrected chi connectivity index (χ3v) is 5.24. The Morgan fingerprint density at radius 1 is 1.06 bits per heavy atom. The van der Waals surface area contributed by atoms with Crippen LogP contribution in [0.25, 0.3) is 11.3 Å². The van der Waals surface area contributed by atoms with Crippen LogP contribution in [0.3, 0.4) is 0 Å². The molecule has 0 unspecified atom stereocenters. The average molecular weight is 462 g/mol. The van der Waals surface area contributed by atoms with Crippen molar-refractivity contribution in [2.45, 2.75) is 20.0 Å². The van der Waals surface area contributed by atoms with Crippen LogP contribution in [0.4, 0.5) is 18.3 Å². The molecule has 0 saturated carbocycles. The molecule has 32 heavy (non-hydrogen) atoms. The molecule has 0 spiro atoms. The molecular formula is C23H22F3N3O2S. The highest BCUT2D eigenvalue weighted by molar-refractivity contribution is 7.14. The number of benzene rings is 2. The molecule has 0 aliphatic heterocycles. The molecule has 9 heteroatoms. The van der Waals surface area contributed by atoms with Crippen molar-refractivity contribution in [3.05, 3.63) is 71.1 Å². The molecule has 0 atom stereocenters. The Morgan fingerprint density at radius 2 is 1.72 bits per heavy atom. The fraction of sp³-hybridized carbons (Fsp3) is 0.261. The Kier molecular flexibility index (Phi) is 7.29. The van der Waals surface area contributed by atoms with Gasteiger partial charge in [0, 0.05) is 23.1 Å². The van der Waals surface area contributed by atoms with Crippen LogP contribution in [-0.2, 0) is 11.0 Å². The van der Waals surface area contributed by atoms with E-state index in [0.29, 0.717) is 5.13 Å². The van der Waals surface area contributed by atoms with E-state index in [1.807, 2.05) is 49.6 Å². The first-order valence-electron chi connectivity index (χ1n) is 9.91. The normalized spacial score (nSPS) is 11.4. The number of hydrogen-bond acceptors (Lipinski definition) is 4. The molecule has 1 N–H and O–H groups in total. The minimum atomic E-state index is -4.48. The number of rotatable bonds is 7. The van der Waals surface area contributed by atoms with E-state index in [9.17, 15) is 22.8 Å². The summed E-state index contributed by atoms with van der Waals surface area (Å²) in [5.41, 5.74) is 0.904. The second kappa shape index (κ2) is 9.95. The van der Waals surface area contributed by atoms with Gasteiger partial charge in [-0.25, -0.2) is 4.98 Å². The van der Waals surface area contributed by atoms with Crippen LogP contribution < -0.4 is 5.32 Å². The first kappa shape index (κ1) is 23.5. The predicted octanol–water partition coefficient (Wildman–Crippen LogP) is 5.57. The van der Waals surface area contributed by atoms with Crippen LogP contribution in [0.1, 0.15) is 29.8 Å². The van der Waals surface area contributed by atoms with Gasteiger partial charge in [-0.15, -0.1) is 11.3 Å². The number of halogens is 3. The lowest BCUT2D eigenvalue weighted by molar-refractivity contribution is -0.137. The minimum Gasteiger partial charge on any atom is -0.329 e. The molecular weight excluding hydrogens is 439 g/mol. The molecule has 2 aromatic carbocycles. The number of nitrogens with zero attached hydrogens (tertiary/aromatic N) is 2. The van der Waals surface area contributed by atoms with E-state index < -0.39 is 23.6 Å². The van der Waals surface area contributed by atoms with Crippen LogP contribution in [0, 0.1) is 5.92 Å². The Morgan fingerprint density at radius 3 is 2.31 bits per heavy atom. The average Bonchev–Trinajstić information content (AvgIpc) is 3.21. The lowest BCUT2D eigenvalue weighted by Crippen LogP contribution is -2.40. The number of anilines is 1. The van der Waals surface area contributed by atoms with E-state index in [-0.39, 0.29) is 24.6 Å². The van der Waals surface area contributed by atoms with E-state index in [0.717, 1.165) is 35.5 Å². The van der Waals surface area contributed by atoms with Crippen molar-refractivity contribution in [1.29, 1.82) is 0 Å². The maximum atomic E-state index is 12.9. The monoisotopic (exact) mass is 461 g/mol. The van der Waals surface area contributed by atoms with Gasteiger partial charge in [0.15, 0.2) is 5.13 Å². The first-order chi connectivity index (χ1) is 15.1. The van der Waals surface area contributed by atoms with Crippen LogP contribution in [-0.4, -0.2) is 34.8 Å². The third kappa shape index (κ3) is 6.16. The van der Waals surface area contributed by atoms with Crippen molar-refractivity contribution < 1.29 is 22.8 Å². The number of carbonyl (C=O) groups excluding carboxylic acids is 2. The molecule has 1 heterocycles. The largest absolute Gasteiger partial charge is 0.416 e. The molecule has 0 fully saturated rings. The van der Waals surface area contributed by atoms with Crippen molar-refractivity contribution in [3.63, 3.8) is 0 Å². The van der Waals surface area contributed by atoms with Crippen LogP contribution in [0.5, 0.6) is 0 Å². The maximum Gasteiger partial charge on any atom is 0.416 e. The fourth-order valence-electron chi connectivity index (χ4n) is 3.05. The van der Waals surface area contributed by atoms with Crippen molar-refractivity contribution >= 4 is 28.3 Å². The molecule has 0 aliphatic carbocycles. The van der Waals surface area contributed by atoms with E-state index in [2.05, 4.69) is 10.3 Å². The van der Waals surface area contributed by atoms with Crippen molar-refractivity contribution in [2.75, 3.05) is 18.4 Å². The van der Waals surface area contributed by atoms with E-state index in [4.69, 9.17) is 0 Å². The maximum absolute atomic E-state index is 12.9. The van der Waals surface area contributed by atoms with E-state index in [1.165, 1.54) is 16.2 Å². The Bertz CT molecular complexity index is 1060. The molecule has 3 rings (SSSR count). The van der Waals surface area contributed by atoms with Crippen LogP contribution >= 0.6 is 11.3 Å². The molecule has 0 radical (unpaired) electrons. The van der Waals surface area contributed by atoms with Crippen molar-refractivity contribution in [3.8, 4) is 11.3 Å². The molecule has 0 saturated heterocycles. The second-order valence-electron chi connectivity index (χ2n) is 7.61. The minimum absolute atomic E-state index is 0.0609. The summed E-state index contributed by atoms with van der Waals surface area (Å²) < 4.78 is 38.4. The summed E-state index contributed by atoms with van der Waals surface area (Å²) in [4.78, 5) is 31.2. The van der Waals surface area contributed by atoms with E-state index >= 15 is 0 Å². The van der Waals surface area contributed by atoms with Gasteiger partial charge >= 0.3 is 6.18 Å². The zero-order chi connectivity index (χ0) is 23.3. The highest BCUT2D eigenvalue weighted by Crippen LogP contribution is 2.29. The van der Waals surface area contributed by atoms with Gasteiger partial charge in [-0.1, -0.05) is 44.2 Å². The number of hydrogen-bond donors (Lipinski definition) is 1. The molecule has 5 nitrogen and oxygen atoms in total. The zero-order valence-corrected chi connectivity index (χ0v) is 18.3. The van der Waals surface area contributed by atoms with E-state index in [1.54, 1.807) is 0 Å². The second-order valence-corrected chi connectivity index (χ2v) is 8.46. The predicted molar refractivity (Wildman–Crippen MR) is 118 cm³/mol. The highest BCUT2D eigenvalue weighted by Gasteiger charge is 2.30. The van der Waals surface area contributed by atoms with Gasteiger partial charge in [-0.3, -0.25) is 9.59 Å². The Balaban J connectivity index is 1.69. The Labute approximate surface area is 187 Å². The van der Waals surface area contributed by atoms with Gasteiger partial charge in [-0.05, 0) is 30.2 Å². The van der Waals surface area contributed by atoms with Gasteiger partial charge in [0.2, 0.25) is 5.91 Å². The number of thiazole rings is 1. The van der Waals surface area contributed by atoms with Gasteiger partial charge in [0.25, 0.3) is 5.91 Å². The Hall–Kier alpha value is -3.20. The van der Waals surface area contributed by atoms with Crippen LogP contribution in [0.15, 0.2) is 60.0 Å². The smallest absolute Gasteiger partial charge is 0.329 e. The standard InChI is InChI=1S/C23H22F3N3O2S/c1-15(2)12-29(21(31)17-8-10-18(11-9-17)23(24,25)26)13-20(30)28-22-27-19(14-32-22)16-6-4-3-5-7-16/h3-11,14-15H,12-13H2,1-2H3,(H,27,28,30). The lowest BCUT2D eigenvalue weighted by atomic mass is 10.1. The quantitative estimate of drug-likeness (QED) is 0.501. The molecule has 3 aromatic rings. The number of alkyl halides is 3.